The molecular formula is C26H21FN4O3. The molecule has 1 heterocycles. The van der Waals surface area contributed by atoms with E-state index < -0.39 is 17.8 Å². The highest BCUT2D eigenvalue weighted by molar-refractivity contribution is 5.99. The van der Waals surface area contributed by atoms with Crippen molar-refractivity contribution in [1.29, 1.82) is 5.26 Å². The van der Waals surface area contributed by atoms with Crippen molar-refractivity contribution in [1.82, 2.24) is 4.98 Å². The van der Waals surface area contributed by atoms with Gasteiger partial charge < -0.3 is 20.9 Å². The fourth-order valence-corrected chi connectivity index (χ4v) is 3.72. The van der Waals surface area contributed by atoms with Crippen molar-refractivity contribution >= 4 is 28.2 Å². The van der Waals surface area contributed by atoms with Crippen molar-refractivity contribution in [3.05, 3.63) is 72.0 Å². The molecule has 34 heavy (non-hydrogen) atoms. The van der Waals surface area contributed by atoms with E-state index in [2.05, 4.69) is 16.4 Å². The van der Waals surface area contributed by atoms with Gasteiger partial charge in [0.25, 0.3) is 0 Å². The highest BCUT2D eigenvalue weighted by Gasteiger charge is 2.21. The first-order valence-corrected chi connectivity index (χ1v) is 10.4. The van der Waals surface area contributed by atoms with Crippen LogP contribution in [0.5, 0.6) is 5.75 Å². The number of ether oxygens (including phenoxy) is 1. The third-order valence-electron chi connectivity index (χ3n) is 5.51. The maximum atomic E-state index is 14.0. The second kappa shape index (κ2) is 9.08. The first kappa shape index (κ1) is 22.6. The van der Waals surface area contributed by atoms with Crippen LogP contribution in [0.25, 0.3) is 33.3 Å². The lowest BCUT2D eigenvalue weighted by Gasteiger charge is -2.17. The number of nitriles is 1. The van der Waals surface area contributed by atoms with E-state index in [4.69, 9.17) is 10.5 Å². The average Bonchev–Trinajstić information content (AvgIpc) is 2.84. The number of carboxylic acid groups (broad SMARTS) is 1. The van der Waals surface area contributed by atoms with Crippen LogP contribution in [-0.2, 0) is 4.79 Å². The van der Waals surface area contributed by atoms with E-state index in [9.17, 15) is 19.6 Å². The smallest absolute Gasteiger partial charge is 0.325 e. The minimum atomic E-state index is -1.10. The van der Waals surface area contributed by atoms with Crippen LogP contribution < -0.4 is 15.8 Å². The van der Waals surface area contributed by atoms with Gasteiger partial charge in [0.15, 0.2) is 0 Å². The zero-order valence-corrected chi connectivity index (χ0v) is 18.5. The molecule has 1 aromatic heterocycles. The number of benzene rings is 3. The first-order chi connectivity index (χ1) is 16.3. The van der Waals surface area contributed by atoms with Gasteiger partial charge in [-0.05, 0) is 48.4 Å². The summed E-state index contributed by atoms with van der Waals surface area (Å²) >= 11 is 0. The molecule has 4 rings (SSSR count). The van der Waals surface area contributed by atoms with Crippen LogP contribution in [0.2, 0.25) is 0 Å². The van der Waals surface area contributed by atoms with Gasteiger partial charge in [-0.3, -0.25) is 4.79 Å². The maximum Gasteiger partial charge on any atom is 0.325 e. The lowest BCUT2D eigenvalue weighted by molar-refractivity contribution is -0.137. The second-order valence-electron chi connectivity index (χ2n) is 7.72. The number of carboxylic acids is 1. The number of hydrogen-bond donors (Lipinski definition) is 3. The van der Waals surface area contributed by atoms with Gasteiger partial charge in [-0.15, -0.1) is 0 Å². The van der Waals surface area contributed by atoms with Crippen molar-refractivity contribution in [3.8, 4) is 34.2 Å². The van der Waals surface area contributed by atoms with Gasteiger partial charge in [-0.25, -0.2) is 9.37 Å². The Morgan fingerprint density at radius 3 is 2.41 bits per heavy atom. The number of aliphatic carboxylic acids is 1. The van der Waals surface area contributed by atoms with E-state index in [0.29, 0.717) is 33.6 Å². The number of methoxy groups -OCH3 is 1. The number of halogens is 1. The number of nitrogen functional groups attached to an aromatic ring is 1. The predicted molar refractivity (Wildman–Crippen MR) is 129 cm³/mol. The van der Waals surface area contributed by atoms with Gasteiger partial charge in [-0.1, -0.05) is 30.3 Å². The summed E-state index contributed by atoms with van der Waals surface area (Å²) in [5.74, 6) is -1.03. The molecular weight excluding hydrogens is 435 g/mol. The zero-order valence-electron chi connectivity index (χ0n) is 18.5. The van der Waals surface area contributed by atoms with E-state index >= 15 is 0 Å². The fourth-order valence-electron chi connectivity index (χ4n) is 3.72. The molecule has 0 aliphatic carbocycles. The van der Waals surface area contributed by atoms with Gasteiger partial charge in [-0.2, -0.15) is 5.26 Å². The number of pyridine rings is 1. The van der Waals surface area contributed by atoms with Crippen LogP contribution in [0.3, 0.4) is 0 Å². The van der Waals surface area contributed by atoms with Crippen molar-refractivity contribution in [2.75, 3.05) is 18.2 Å². The Morgan fingerprint density at radius 1 is 1.12 bits per heavy atom. The molecule has 4 aromatic rings. The number of nitrogens with one attached hydrogen (secondary N) is 1. The maximum absolute atomic E-state index is 14.0. The third kappa shape index (κ3) is 4.19. The molecule has 0 aliphatic rings. The Bertz CT molecular complexity index is 1450. The normalized spacial score (nSPS) is 11.6. The summed E-state index contributed by atoms with van der Waals surface area (Å²) < 4.78 is 19.2. The standard InChI is InChI=1S/C26H21FN4O3/c1-14(26(32)33)30-25-19-12-18(27)8-9-22(19)31-24(20(25)13-28)16-5-3-15(4-6-16)17-7-10-23(34-2)21(29)11-17/h3-12,14H,29H2,1-2H3,(H,30,31)(H,32,33). The summed E-state index contributed by atoms with van der Waals surface area (Å²) in [7, 11) is 1.55. The van der Waals surface area contributed by atoms with E-state index in [0.717, 1.165) is 11.1 Å². The van der Waals surface area contributed by atoms with Crippen LogP contribution in [0, 0.1) is 17.1 Å². The molecule has 0 saturated carbocycles. The molecule has 0 fully saturated rings. The molecule has 0 radical (unpaired) electrons. The molecule has 0 aliphatic heterocycles. The molecule has 3 aromatic carbocycles. The molecule has 0 saturated heterocycles. The lowest BCUT2D eigenvalue weighted by atomic mass is 9.98. The Balaban J connectivity index is 1.84. The molecule has 8 heteroatoms. The van der Waals surface area contributed by atoms with Gasteiger partial charge in [0.2, 0.25) is 0 Å². The third-order valence-corrected chi connectivity index (χ3v) is 5.51. The number of carbonyl (C=O) groups is 1. The number of fused-ring (bicyclic) bond motifs is 1. The molecule has 0 amide bonds. The molecule has 170 valence electrons. The van der Waals surface area contributed by atoms with Gasteiger partial charge >= 0.3 is 5.97 Å². The lowest BCUT2D eigenvalue weighted by Crippen LogP contribution is -2.26. The van der Waals surface area contributed by atoms with Crippen LogP contribution in [0.4, 0.5) is 15.8 Å². The predicted octanol–water partition coefficient (Wildman–Crippen LogP) is 5.06. The Labute approximate surface area is 195 Å². The van der Waals surface area contributed by atoms with Gasteiger partial charge in [0.1, 0.15) is 29.2 Å². The highest BCUT2D eigenvalue weighted by atomic mass is 19.1. The summed E-state index contributed by atoms with van der Waals surface area (Å²) in [4.78, 5) is 16.0. The minimum absolute atomic E-state index is 0.132. The van der Waals surface area contributed by atoms with Crippen LogP contribution in [-0.4, -0.2) is 29.2 Å². The minimum Gasteiger partial charge on any atom is -0.495 e. The number of nitrogens with two attached hydrogens (primary N) is 1. The topological polar surface area (TPSA) is 121 Å². The van der Waals surface area contributed by atoms with E-state index in [-0.39, 0.29) is 11.3 Å². The summed E-state index contributed by atoms with van der Waals surface area (Å²) in [5, 5.41) is 22.5. The number of rotatable bonds is 6. The molecule has 0 bridgehead atoms. The number of nitrogens with zero attached hydrogens (tertiary/aromatic N) is 2. The van der Waals surface area contributed by atoms with E-state index in [1.165, 1.54) is 25.1 Å². The summed E-state index contributed by atoms with van der Waals surface area (Å²) in [6.45, 7) is 1.45. The van der Waals surface area contributed by atoms with E-state index in [1.54, 1.807) is 13.2 Å². The monoisotopic (exact) mass is 456 g/mol. The molecule has 1 unspecified atom stereocenters. The number of aromatic nitrogens is 1. The Morgan fingerprint density at radius 2 is 1.79 bits per heavy atom. The molecule has 7 nitrogen and oxygen atoms in total. The zero-order chi connectivity index (χ0) is 24.4. The molecule has 4 N–H and O–H groups in total. The largest absolute Gasteiger partial charge is 0.495 e. The Hall–Kier alpha value is -4.64. The van der Waals surface area contributed by atoms with Crippen molar-refractivity contribution < 1.29 is 19.0 Å². The van der Waals surface area contributed by atoms with Crippen molar-refractivity contribution in [3.63, 3.8) is 0 Å². The average molecular weight is 456 g/mol. The van der Waals surface area contributed by atoms with Crippen LogP contribution in [0.1, 0.15) is 12.5 Å². The van der Waals surface area contributed by atoms with Crippen molar-refractivity contribution in [2.24, 2.45) is 0 Å². The summed E-state index contributed by atoms with van der Waals surface area (Å²) in [6.07, 6.45) is 0. The summed E-state index contributed by atoms with van der Waals surface area (Å²) in [6, 6.07) is 18.0. The highest BCUT2D eigenvalue weighted by Crippen LogP contribution is 2.36. The quantitative estimate of drug-likeness (QED) is 0.347. The first-order valence-electron chi connectivity index (χ1n) is 10.4. The fraction of sp³-hybridized carbons (Fsp3) is 0.115. The van der Waals surface area contributed by atoms with Crippen molar-refractivity contribution in [2.45, 2.75) is 13.0 Å². The second-order valence-corrected chi connectivity index (χ2v) is 7.72. The number of hydrogen-bond acceptors (Lipinski definition) is 6. The molecule has 0 spiro atoms. The molecule has 1 atom stereocenters. The van der Waals surface area contributed by atoms with Crippen LogP contribution >= 0.6 is 0 Å². The SMILES string of the molecule is COc1ccc(-c2ccc(-c3nc4ccc(F)cc4c(NC(C)C(=O)O)c3C#N)cc2)cc1N. The van der Waals surface area contributed by atoms with Gasteiger partial charge in [0.05, 0.1) is 29.7 Å². The van der Waals surface area contributed by atoms with Gasteiger partial charge in [0, 0.05) is 10.9 Å². The van der Waals surface area contributed by atoms with E-state index in [1.807, 2.05) is 36.4 Å². The Kier molecular flexibility index (Phi) is 6.02. The van der Waals surface area contributed by atoms with Crippen LogP contribution in [0.15, 0.2) is 60.7 Å². The number of anilines is 2. The summed E-state index contributed by atoms with van der Waals surface area (Å²) in [5.41, 5.74) is 10.1.